The van der Waals surface area contributed by atoms with E-state index >= 15 is 0 Å². The van der Waals surface area contributed by atoms with Crippen molar-refractivity contribution in [3.63, 3.8) is 0 Å². The van der Waals surface area contributed by atoms with Gasteiger partial charge in [-0.05, 0) is 67.0 Å². The summed E-state index contributed by atoms with van der Waals surface area (Å²) >= 11 is 0. The molecule has 0 amide bonds. The van der Waals surface area contributed by atoms with Crippen molar-refractivity contribution in [2.45, 2.75) is 52.0 Å². The maximum Gasteiger partial charge on any atom is 0.339 e. The molecule has 0 radical (unpaired) electrons. The molecular weight excluding hydrogens is 350 g/mol. The summed E-state index contributed by atoms with van der Waals surface area (Å²) in [5.74, 6) is 1.38. The Morgan fingerprint density at radius 2 is 1.82 bits per heavy atom. The minimum Gasteiger partial charge on any atom is -0.473 e. The number of fused-ring (bicyclic) bond motifs is 5. The van der Waals surface area contributed by atoms with Crippen LogP contribution in [0.2, 0.25) is 0 Å². The first-order valence-corrected chi connectivity index (χ1v) is 10.2. The highest BCUT2D eigenvalue weighted by Gasteiger charge is 2.26. The van der Waals surface area contributed by atoms with Crippen molar-refractivity contribution in [1.29, 1.82) is 0 Å². The van der Waals surface area contributed by atoms with Gasteiger partial charge >= 0.3 is 5.63 Å². The Morgan fingerprint density at radius 1 is 1.04 bits per heavy atom. The molecule has 1 aromatic heterocycles. The molecule has 0 saturated carbocycles. The Morgan fingerprint density at radius 3 is 2.61 bits per heavy atom. The van der Waals surface area contributed by atoms with Gasteiger partial charge in [0, 0.05) is 16.6 Å². The molecule has 0 bridgehead atoms. The van der Waals surface area contributed by atoms with Crippen LogP contribution in [-0.2, 0) is 19.4 Å². The fourth-order valence-corrected chi connectivity index (χ4v) is 4.47. The van der Waals surface area contributed by atoms with Gasteiger partial charge in [0.15, 0.2) is 6.73 Å². The first-order valence-electron chi connectivity index (χ1n) is 10.2. The minimum atomic E-state index is -0.177. The lowest BCUT2D eigenvalue weighted by molar-refractivity contribution is 0.289. The Bertz CT molecular complexity index is 1100. The Hall–Kier alpha value is -2.75. The van der Waals surface area contributed by atoms with Crippen LogP contribution < -0.4 is 15.3 Å². The summed E-state index contributed by atoms with van der Waals surface area (Å²) in [6, 6.07) is 12.8. The molecule has 144 valence electrons. The van der Waals surface area contributed by atoms with Gasteiger partial charge in [-0.3, -0.25) is 0 Å². The Balaban J connectivity index is 1.54. The van der Waals surface area contributed by atoms with Gasteiger partial charge < -0.3 is 14.1 Å². The second-order valence-corrected chi connectivity index (χ2v) is 7.99. The van der Waals surface area contributed by atoms with Crippen LogP contribution in [0.5, 0.6) is 5.75 Å². The van der Waals surface area contributed by atoms with E-state index in [4.69, 9.17) is 9.15 Å². The molecule has 0 N–H and O–H groups in total. The Kier molecular flexibility index (Phi) is 4.15. The topological polar surface area (TPSA) is 42.7 Å². The van der Waals surface area contributed by atoms with Crippen LogP contribution >= 0.6 is 0 Å². The van der Waals surface area contributed by atoms with Gasteiger partial charge in [0.1, 0.15) is 11.3 Å². The molecule has 0 unspecified atom stereocenters. The summed E-state index contributed by atoms with van der Waals surface area (Å²) in [6.45, 7) is 5.64. The number of aryl methyl sites for hydroxylation is 1. The van der Waals surface area contributed by atoms with Crippen molar-refractivity contribution < 1.29 is 9.15 Å². The average molecular weight is 375 g/mol. The third kappa shape index (κ3) is 2.70. The van der Waals surface area contributed by atoms with Gasteiger partial charge in [-0.2, -0.15) is 0 Å². The van der Waals surface area contributed by atoms with Crippen LogP contribution in [0.3, 0.4) is 0 Å². The lowest BCUT2D eigenvalue weighted by Gasteiger charge is -2.31. The zero-order valence-electron chi connectivity index (χ0n) is 16.5. The van der Waals surface area contributed by atoms with Crippen LogP contribution in [0.25, 0.3) is 11.0 Å². The molecule has 2 aliphatic rings. The summed E-state index contributed by atoms with van der Waals surface area (Å²) in [6.07, 6.45) is 3.95. The van der Waals surface area contributed by atoms with E-state index in [1.54, 1.807) is 0 Å². The van der Waals surface area contributed by atoms with Crippen molar-refractivity contribution in [3.05, 3.63) is 69.1 Å². The maximum atomic E-state index is 12.5. The normalized spacial score (nSPS) is 16.6. The Labute approximate surface area is 164 Å². The van der Waals surface area contributed by atoms with Crippen molar-refractivity contribution in [3.8, 4) is 5.75 Å². The van der Waals surface area contributed by atoms with Gasteiger partial charge in [-0.1, -0.05) is 26.0 Å². The molecule has 1 aliphatic carbocycles. The molecule has 4 heteroatoms. The third-order valence-corrected chi connectivity index (χ3v) is 6.37. The maximum absolute atomic E-state index is 12.5. The molecule has 0 fully saturated rings. The number of benzene rings is 2. The highest BCUT2D eigenvalue weighted by molar-refractivity contribution is 5.87. The number of rotatable bonds is 3. The smallest absolute Gasteiger partial charge is 0.339 e. The predicted molar refractivity (Wildman–Crippen MR) is 111 cm³/mol. The summed E-state index contributed by atoms with van der Waals surface area (Å²) < 4.78 is 11.8. The molecule has 0 saturated heterocycles. The van der Waals surface area contributed by atoms with Crippen molar-refractivity contribution in [1.82, 2.24) is 0 Å². The molecule has 2 aromatic carbocycles. The van der Waals surface area contributed by atoms with E-state index in [1.165, 1.54) is 11.1 Å². The van der Waals surface area contributed by atoms with Crippen LogP contribution in [0.1, 0.15) is 54.9 Å². The van der Waals surface area contributed by atoms with E-state index in [-0.39, 0.29) is 5.63 Å². The number of hydrogen-bond acceptors (Lipinski definition) is 4. The van der Waals surface area contributed by atoms with E-state index in [9.17, 15) is 4.79 Å². The second-order valence-electron chi connectivity index (χ2n) is 7.99. The largest absolute Gasteiger partial charge is 0.473 e. The molecule has 3 aromatic rings. The lowest BCUT2D eigenvalue weighted by atomic mass is 9.98. The quantitative estimate of drug-likeness (QED) is 0.594. The van der Waals surface area contributed by atoms with Crippen molar-refractivity contribution >= 4 is 16.7 Å². The summed E-state index contributed by atoms with van der Waals surface area (Å²) in [7, 11) is 0. The lowest BCUT2D eigenvalue weighted by Crippen LogP contribution is -2.32. The fourth-order valence-electron chi connectivity index (χ4n) is 4.47. The summed E-state index contributed by atoms with van der Waals surface area (Å²) in [5.41, 5.74) is 6.01. The van der Waals surface area contributed by atoms with E-state index in [2.05, 4.69) is 49.1 Å². The standard InChI is InChI=1S/C24H25NO3/c1-3-15(2)16-7-9-17(10-8-16)25-13-21-22(27-14-25)12-11-19-18-5-4-6-20(18)24(26)28-23(19)21/h7-12,15H,3-6,13-14H2,1-2H3/t15-/m1/s1. The van der Waals surface area contributed by atoms with Crippen LogP contribution in [0, 0.1) is 0 Å². The van der Waals surface area contributed by atoms with E-state index in [0.717, 1.165) is 53.6 Å². The highest BCUT2D eigenvalue weighted by atomic mass is 16.5. The predicted octanol–water partition coefficient (Wildman–Crippen LogP) is 5.15. The van der Waals surface area contributed by atoms with Gasteiger partial charge in [0.05, 0.1) is 12.1 Å². The third-order valence-electron chi connectivity index (χ3n) is 6.37. The van der Waals surface area contributed by atoms with E-state index in [1.807, 2.05) is 6.07 Å². The van der Waals surface area contributed by atoms with E-state index < -0.39 is 0 Å². The molecule has 1 aliphatic heterocycles. The average Bonchev–Trinajstić information content (AvgIpc) is 3.24. The molecule has 28 heavy (non-hydrogen) atoms. The van der Waals surface area contributed by atoms with Gasteiger partial charge in [-0.25, -0.2) is 4.79 Å². The molecule has 0 spiro atoms. The van der Waals surface area contributed by atoms with Crippen LogP contribution in [0.4, 0.5) is 5.69 Å². The summed E-state index contributed by atoms with van der Waals surface area (Å²) in [5, 5.41) is 1.07. The zero-order chi connectivity index (χ0) is 19.3. The second kappa shape index (κ2) is 6.69. The minimum absolute atomic E-state index is 0.177. The number of ether oxygens (including phenoxy) is 1. The molecule has 2 heterocycles. The van der Waals surface area contributed by atoms with Crippen molar-refractivity contribution in [2.75, 3.05) is 11.6 Å². The van der Waals surface area contributed by atoms with Crippen LogP contribution in [0.15, 0.2) is 45.6 Å². The SMILES string of the molecule is CC[C@@H](C)c1ccc(N2COc3ccc4c5c(c(=O)oc4c3C2)CCC5)cc1. The molecule has 4 nitrogen and oxygen atoms in total. The fraction of sp³-hybridized carbons (Fsp3) is 0.375. The van der Waals surface area contributed by atoms with Gasteiger partial charge in [0.25, 0.3) is 0 Å². The number of hydrogen-bond donors (Lipinski definition) is 0. The molecular formula is C24H25NO3. The monoisotopic (exact) mass is 375 g/mol. The summed E-state index contributed by atoms with van der Waals surface area (Å²) in [4.78, 5) is 14.7. The zero-order valence-corrected chi connectivity index (χ0v) is 16.5. The van der Waals surface area contributed by atoms with Gasteiger partial charge in [-0.15, -0.1) is 0 Å². The number of nitrogens with zero attached hydrogens (tertiary/aromatic N) is 1. The highest BCUT2D eigenvalue weighted by Crippen LogP contribution is 2.37. The van der Waals surface area contributed by atoms with Gasteiger partial charge in [0.2, 0.25) is 0 Å². The molecule has 1 atom stereocenters. The molecule has 5 rings (SSSR count). The first-order chi connectivity index (χ1) is 13.7. The number of anilines is 1. The van der Waals surface area contributed by atoms with E-state index in [0.29, 0.717) is 24.8 Å². The first kappa shape index (κ1) is 17.4. The van der Waals surface area contributed by atoms with Crippen LogP contribution in [-0.4, -0.2) is 6.73 Å². The van der Waals surface area contributed by atoms with Crippen molar-refractivity contribution in [2.24, 2.45) is 0 Å².